The lowest BCUT2D eigenvalue weighted by Gasteiger charge is -2.21. The second-order valence-corrected chi connectivity index (χ2v) is 7.49. The van der Waals surface area contributed by atoms with Gasteiger partial charge in [0.25, 0.3) is 5.91 Å². The van der Waals surface area contributed by atoms with Crippen LogP contribution in [0.3, 0.4) is 0 Å². The number of hydrogen-bond donors (Lipinski definition) is 0. The zero-order valence-electron chi connectivity index (χ0n) is 14.7. The van der Waals surface area contributed by atoms with E-state index in [9.17, 15) is 9.59 Å². The number of carbonyl (C=O) groups is 2. The van der Waals surface area contributed by atoms with Crippen molar-refractivity contribution >= 4 is 34.8 Å². The lowest BCUT2D eigenvalue weighted by atomic mass is 10.1. The Hall–Kier alpha value is -2.05. The van der Waals surface area contributed by atoms with E-state index in [2.05, 4.69) is 0 Å². The van der Waals surface area contributed by atoms with Crippen molar-refractivity contribution in [3.8, 4) is 5.75 Å². The number of thiophene rings is 1. The van der Waals surface area contributed by atoms with Gasteiger partial charge in [-0.2, -0.15) is 0 Å². The summed E-state index contributed by atoms with van der Waals surface area (Å²) in [5, 5.41) is 0.502. The van der Waals surface area contributed by atoms with Crippen LogP contribution in [-0.4, -0.2) is 43.6 Å². The molecule has 0 unspecified atom stereocenters. The molecule has 2 aromatic rings. The summed E-state index contributed by atoms with van der Waals surface area (Å²) in [6, 6.07) is 6.94. The smallest absolute Gasteiger partial charge is 0.348 e. The highest BCUT2D eigenvalue weighted by molar-refractivity contribution is 7.14. The molecular formula is C19H20ClNO4S. The molecule has 0 spiro atoms. The molecule has 0 bridgehead atoms. The van der Waals surface area contributed by atoms with E-state index in [1.165, 1.54) is 18.4 Å². The van der Waals surface area contributed by atoms with Crippen molar-refractivity contribution in [2.75, 3.05) is 26.8 Å². The van der Waals surface area contributed by atoms with Crippen LogP contribution in [0.15, 0.2) is 24.3 Å². The molecular weight excluding hydrogens is 374 g/mol. The molecule has 2 heterocycles. The van der Waals surface area contributed by atoms with E-state index in [-0.39, 0.29) is 11.9 Å². The zero-order chi connectivity index (χ0) is 18.7. The van der Waals surface area contributed by atoms with Crippen molar-refractivity contribution in [3.05, 3.63) is 50.2 Å². The van der Waals surface area contributed by atoms with E-state index in [1.54, 1.807) is 25.1 Å². The van der Waals surface area contributed by atoms with E-state index in [0.29, 0.717) is 53.8 Å². The van der Waals surface area contributed by atoms with Gasteiger partial charge in [-0.15, -0.1) is 11.3 Å². The molecule has 1 aromatic carbocycles. The summed E-state index contributed by atoms with van der Waals surface area (Å²) in [5.41, 5.74) is 1.59. The third kappa shape index (κ3) is 3.86. The Kier molecular flexibility index (Phi) is 5.84. The average molecular weight is 394 g/mol. The molecule has 1 aliphatic rings. The quantitative estimate of drug-likeness (QED) is 0.741. The molecule has 0 saturated heterocycles. The summed E-state index contributed by atoms with van der Waals surface area (Å²) in [5.74, 6) is 0.148. The predicted molar refractivity (Wildman–Crippen MR) is 102 cm³/mol. The number of halogens is 1. The molecule has 3 rings (SSSR count). The minimum absolute atomic E-state index is 0.0925. The lowest BCUT2D eigenvalue weighted by molar-refractivity contribution is 0.0531. The Bertz CT molecular complexity index is 807. The highest BCUT2D eigenvalue weighted by atomic mass is 35.5. The number of benzene rings is 1. The Morgan fingerprint density at radius 3 is 2.73 bits per heavy atom. The number of rotatable bonds is 4. The monoisotopic (exact) mass is 393 g/mol. The molecule has 0 radical (unpaired) electrons. The van der Waals surface area contributed by atoms with Crippen LogP contribution in [-0.2, 0) is 17.6 Å². The van der Waals surface area contributed by atoms with Gasteiger partial charge in [0.1, 0.15) is 10.6 Å². The van der Waals surface area contributed by atoms with E-state index in [4.69, 9.17) is 21.1 Å². The predicted octanol–water partition coefficient (Wildman–Crippen LogP) is 3.83. The van der Waals surface area contributed by atoms with Crippen LogP contribution in [0, 0.1) is 0 Å². The van der Waals surface area contributed by atoms with Gasteiger partial charge >= 0.3 is 5.97 Å². The zero-order valence-corrected chi connectivity index (χ0v) is 16.3. The maximum Gasteiger partial charge on any atom is 0.348 e. The van der Waals surface area contributed by atoms with Crippen LogP contribution in [0.5, 0.6) is 5.75 Å². The van der Waals surface area contributed by atoms with Crippen LogP contribution in [0.4, 0.5) is 0 Å². The molecule has 0 N–H and O–H groups in total. The number of carbonyl (C=O) groups excluding carboxylic acids is 2. The van der Waals surface area contributed by atoms with Crippen LogP contribution in [0.25, 0.3) is 0 Å². The molecule has 1 amide bonds. The number of methoxy groups -OCH3 is 1. The fourth-order valence-corrected chi connectivity index (χ4v) is 4.28. The summed E-state index contributed by atoms with van der Waals surface area (Å²) < 4.78 is 10.4. The normalized spacial score (nSPS) is 13.7. The Morgan fingerprint density at radius 1 is 1.23 bits per heavy atom. The second-order valence-electron chi connectivity index (χ2n) is 5.92. The van der Waals surface area contributed by atoms with E-state index >= 15 is 0 Å². The topological polar surface area (TPSA) is 55.8 Å². The Labute approximate surface area is 161 Å². The molecule has 5 nitrogen and oxygen atoms in total. The molecule has 7 heteroatoms. The van der Waals surface area contributed by atoms with Crippen molar-refractivity contribution in [3.63, 3.8) is 0 Å². The first-order valence-corrected chi connectivity index (χ1v) is 9.64. The van der Waals surface area contributed by atoms with E-state index < -0.39 is 0 Å². The largest absolute Gasteiger partial charge is 0.496 e. The van der Waals surface area contributed by atoms with E-state index in [0.717, 1.165) is 10.4 Å². The fraction of sp³-hybridized carbons (Fsp3) is 0.368. The van der Waals surface area contributed by atoms with E-state index in [1.807, 2.05) is 11.0 Å². The van der Waals surface area contributed by atoms with Gasteiger partial charge in [0, 0.05) is 23.0 Å². The summed E-state index contributed by atoms with van der Waals surface area (Å²) in [6.45, 7) is 3.33. The van der Waals surface area contributed by atoms with Crippen LogP contribution in [0.1, 0.15) is 37.4 Å². The summed E-state index contributed by atoms with van der Waals surface area (Å²) in [7, 11) is 1.54. The van der Waals surface area contributed by atoms with Crippen molar-refractivity contribution in [2.45, 2.75) is 19.8 Å². The summed E-state index contributed by atoms with van der Waals surface area (Å²) in [4.78, 5) is 28.4. The van der Waals surface area contributed by atoms with Gasteiger partial charge in [-0.1, -0.05) is 11.6 Å². The molecule has 0 fully saturated rings. The second kappa shape index (κ2) is 8.10. The summed E-state index contributed by atoms with van der Waals surface area (Å²) >= 11 is 7.51. The number of ether oxygens (including phenoxy) is 2. The van der Waals surface area contributed by atoms with Gasteiger partial charge < -0.3 is 14.4 Å². The van der Waals surface area contributed by atoms with Gasteiger partial charge in [-0.3, -0.25) is 4.79 Å². The highest BCUT2D eigenvalue weighted by Crippen LogP contribution is 2.29. The lowest BCUT2D eigenvalue weighted by Crippen LogP contribution is -2.33. The van der Waals surface area contributed by atoms with Gasteiger partial charge in [-0.05, 0) is 49.6 Å². The van der Waals surface area contributed by atoms with Crippen molar-refractivity contribution in [1.29, 1.82) is 0 Å². The van der Waals surface area contributed by atoms with Gasteiger partial charge in [0.15, 0.2) is 0 Å². The number of amides is 1. The van der Waals surface area contributed by atoms with Crippen LogP contribution < -0.4 is 4.74 Å². The SMILES string of the molecule is CCOC(=O)c1cc2c(s1)CCN(C(=O)c1cc(Cl)ccc1OC)CC2. The molecule has 0 saturated carbocycles. The Morgan fingerprint density at radius 2 is 2.00 bits per heavy atom. The molecule has 1 aromatic heterocycles. The van der Waals surface area contributed by atoms with Crippen molar-refractivity contribution < 1.29 is 19.1 Å². The first-order valence-electron chi connectivity index (χ1n) is 8.45. The minimum atomic E-state index is -0.276. The average Bonchev–Trinajstić information content (AvgIpc) is 2.95. The van der Waals surface area contributed by atoms with Gasteiger partial charge in [-0.25, -0.2) is 4.79 Å². The van der Waals surface area contributed by atoms with Crippen molar-refractivity contribution in [2.24, 2.45) is 0 Å². The number of hydrogen-bond acceptors (Lipinski definition) is 5. The maximum atomic E-state index is 12.9. The number of nitrogens with zero attached hydrogens (tertiary/aromatic N) is 1. The maximum absolute atomic E-state index is 12.9. The third-order valence-corrected chi connectivity index (χ3v) is 5.76. The highest BCUT2D eigenvalue weighted by Gasteiger charge is 2.25. The van der Waals surface area contributed by atoms with Gasteiger partial charge in [0.2, 0.25) is 0 Å². The molecule has 26 heavy (non-hydrogen) atoms. The van der Waals surface area contributed by atoms with Crippen LogP contribution >= 0.6 is 22.9 Å². The first kappa shape index (κ1) is 18.7. The number of esters is 1. The molecule has 0 atom stereocenters. The molecule has 0 aliphatic carbocycles. The van der Waals surface area contributed by atoms with Gasteiger partial charge in [0.05, 0.1) is 19.3 Å². The Balaban J connectivity index is 1.75. The minimum Gasteiger partial charge on any atom is -0.496 e. The first-order chi connectivity index (χ1) is 12.5. The van der Waals surface area contributed by atoms with Crippen LogP contribution in [0.2, 0.25) is 5.02 Å². The number of fused-ring (bicyclic) bond motifs is 1. The third-order valence-electron chi connectivity index (χ3n) is 4.31. The fourth-order valence-electron chi connectivity index (χ4n) is 3.02. The molecule has 138 valence electrons. The molecule has 1 aliphatic heterocycles. The summed E-state index contributed by atoms with van der Waals surface area (Å²) in [6.07, 6.45) is 1.42. The van der Waals surface area contributed by atoms with Crippen molar-refractivity contribution in [1.82, 2.24) is 4.90 Å². The standard InChI is InChI=1S/C19H20ClNO4S/c1-3-25-19(23)17-10-12-6-8-21(9-7-16(12)26-17)18(22)14-11-13(20)4-5-15(14)24-2/h4-5,10-11H,3,6-9H2,1-2H3.